The van der Waals surface area contributed by atoms with E-state index in [-0.39, 0.29) is 17.5 Å². The molecule has 3 rings (SSSR count). The second-order valence-electron chi connectivity index (χ2n) is 4.63. The summed E-state index contributed by atoms with van der Waals surface area (Å²) in [5.41, 5.74) is 3.53. The summed E-state index contributed by atoms with van der Waals surface area (Å²) >= 11 is 1.70. The molecule has 4 heteroatoms. The van der Waals surface area contributed by atoms with Crippen LogP contribution in [0.4, 0.5) is 0 Å². The number of phenolic OH excluding ortho intramolecular Hbond substituents is 2. The molecule has 94 valence electrons. The number of fused-ring (bicyclic) bond motifs is 1. The van der Waals surface area contributed by atoms with Crippen LogP contribution >= 0.6 is 11.3 Å². The summed E-state index contributed by atoms with van der Waals surface area (Å²) < 4.78 is 0. The molecule has 1 aliphatic rings. The lowest BCUT2D eigenvalue weighted by Crippen LogP contribution is -2.31. The normalized spacial score (nSPS) is 18.6. The molecule has 1 aromatic heterocycles. The number of thiophene rings is 1. The molecule has 2 aromatic rings. The van der Waals surface area contributed by atoms with Crippen LogP contribution in [0, 0.1) is 0 Å². The molecular weight excluding hydrogens is 246 g/mol. The number of benzene rings is 1. The lowest BCUT2D eigenvalue weighted by atomic mass is 9.90. The van der Waals surface area contributed by atoms with Crippen molar-refractivity contribution in [1.29, 1.82) is 0 Å². The molecular formula is C14H15NO2S. The van der Waals surface area contributed by atoms with Gasteiger partial charge in [-0.3, -0.25) is 0 Å². The summed E-state index contributed by atoms with van der Waals surface area (Å²) in [6, 6.07) is 5.72. The second kappa shape index (κ2) is 4.63. The first-order valence-electron chi connectivity index (χ1n) is 6.03. The van der Waals surface area contributed by atoms with Gasteiger partial charge in [0.05, 0.1) is 0 Å². The van der Waals surface area contributed by atoms with Crippen LogP contribution in [0.3, 0.4) is 0 Å². The Kier molecular flexibility index (Phi) is 2.97. The zero-order valence-electron chi connectivity index (χ0n) is 9.89. The predicted molar refractivity (Wildman–Crippen MR) is 72.2 cm³/mol. The van der Waals surface area contributed by atoms with Crippen molar-refractivity contribution in [3.8, 4) is 11.5 Å². The fraction of sp³-hybridized carbons (Fsp3) is 0.286. The Labute approximate surface area is 110 Å². The van der Waals surface area contributed by atoms with E-state index < -0.39 is 0 Å². The minimum absolute atomic E-state index is 0.0232. The maximum atomic E-state index is 9.64. The lowest BCUT2D eigenvalue weighted by molar-refractivity contribution is 0.398. The Bertz CT molecular complexity index is 551. The average molecular weight is 261 g/mol. The molecule has 0 aliphatic carbocycles. The highest BCUT2D eigenvalue weighted by molar-refractivity contribution is 7.07. The molecule has 1 aromatic carbocycles. The molecule has 0 radical (unpaired) electrons. The molecule has 3 nitrogen and oxygen atoms in total. The third kappa shape index (κ3) is 2.09. The molecule has 2 heterocycles. The van der Waals surface area contributed by atoms with Crippen LogP contribution in [0.2, 0.25) is 0 Å². The van der Waals surface area contributed by atoms with Crippen LogP contribution in [0.5, 0.6) is 11.5 Å². The van der Waals surface area contributed by atoms with Crippen molar-refractivity contribution >= 4 is 11.3 Å². The third-order valence-corrected chi connectivity index (χ3v) is 4.15. The Morgan fingerprint density at radius 1 is 1.28 bits per heavy atom. The Morgan fingerprint density at radius 2 is 2.11 bits per heavy atom. The molecule has 0 saturated heterocycles. The zero-order valence-corrected chi connectivity index (χ0v) is 10.7. The number of phenols is 2. The molecule has 0 spiro atoms. The smallest absolute Gasteiger partial charge is 0.157 e. The summed E-state index contributed by atoms with van der Waals surface area (Å²) in [6.45, 7) is 0.909. The largest absolute Gasteiger partial charge is 0.504 e. The zero-order chi connectivity index (χ0) is 12.5. The maximum Gasteiger partial charge on any atom is 0.157 e. The molecule has 0 saturated carbocycles. The van der Waals surface area contributed by atoms with E-state index in [0.717, 1.165) is 30.5 Å². The summed E-state index contributed by atoms with van der Waals surface area (Å²) in [4.78, 5) is 0. The third-order valence-electron chi connectivity index (χ3n) is 3.42. The van der Waals surface area contributed by atoms with Crippen molar-refractivity contribution in [3.05, 3.63) is 45.6 Å². The molecule has 1 atom stereocenters. The first-order chi connectivity index (χ1) is 8.74. The van der Waals surface area contributed by atoms with Crippen LogP contribution in [-0.2, 0) is 12.8 Å². The highest BCUT2D eigenvalue weighted by Crippen LogP contribution is 2.34. The molecule has 0 amide bonds. The van der Waals surface area contributed by atoms with E-state index in [9.17, 15) is 10.2 Å². The number of hydrogen-bond acceptors (Lipinski definition) is 4. The van der Waals surface area contributed by atoms with E-state index >= 15 is 0 Å². The van der Waals surface area contributed by atoms with Crippen molar-refractivity contribution in [3.63, 3.8) is 0 Å². The lowest BCUT2D eigenvalue weighted by Gasteiger charge is -2.27. The van der Waals surface area contributed by atoms with Gasteiger partial charge in [-0.15, -0.1) is 0 Å². The summed E-state index contributed by atoms with van der Waals surface area (Å²) in [6.07, 6.45) is 1.81. The van der Waals surface area contributed by atoms with E-state index in [4.69, 9.17) is 0 Å². The van der Waals surface area contributed by atoms with E-state index in [1.807, 2.05) is 0 Å². The number of nitrogens with one attached hydrogen (secondary N) is 1. The quantitative estimate of drug-likeness (QED) is 0.728. The average Bonchev–Trinajstić information content (AvgIpc) is 2.84. The van der Waals surface area contributed by atoms with Crippen molar-refractivity contribution < 1.29 is 10.2 Å². The van der Waals surface area contributed by atoms with Gasteiger partial charge in [-0.25, -0.2) is 0 Å². The van der Waals surface area contributed by atoms with Gasteiger partial charge in [-0.2, -0.15) is 11.3 Å². The van der Waals surface area contributed by atoms with Gasteiger partial charge >= 0.3 is 0 Å². The van der Waals surface area contributed by atoms with Gasteiger partial charge in [0, 0.05) is 6.04 Å². The minimum Gasteiger partial charge on any atom is -0.504 e. The molecule has 0 fully saturated rings. The fourth-order valence-corrected chi connectivity index (χ4v) is 3.18. The van der Waals surface area contributed by atoms with Crippen LogP contribution < -0.4 is 5.32 Å². The van der Waals surface area contributed by atoms with Gasteiger partial charge in [0.1, 0.15) is 0 Å². The summed E-state index contributed by atoms with van der Waals surface area (Å²) in [5.74, 6) is -0.0577. The molecule has 0 bridgehead atoms. The van der Waals surface area contributed by atoms with Gasteiger partial charge in [0.2, 0.25) is 0 Å². The Hall–Kier alpha value is -1.52. The van der Waals surface area contributed by atoms with Crippen LogP contribution in [0.1, 0.15) is 22.7 Å². The molecule has 1 aliphatic heterocycles. The maximum absolute atomic E-state index is 9.64. The van der Waals surface area contributed by atoms with Crippen LogP contribution in [-0.4, -0.2) is 16.8 Å². The standard InChI is InChI=1S/C14H15NO2S/c16-13-6-10-1-3-15-12(11(10)7-14(13)17)5-9-2-4-18-8-9/h2,4,6-8,12,15-17H,1,3,5H2/t12-/m0/s1. The van der Waals surface area contributed by atoms with E-state index in [2.05, 4.69) is 22.1 Å². The number of rotatable bonds is 2. The number of aromatic hydroxyl groups is 2. The van der Waals surface area contributed by atoms with Gasteiger partial charge < -0.3 is 15.5 Å². The Balaban J connectivity index is 1.93. The van der Waals surface area contributed by atoms with Crippen molar-refractivity contribution in [2.45, 2.75) is 18.9 Å². The molecule has 18 heavy (non-hydrogen) atoms. The van der Waals surface area contributed by atoms with Gasteiger partial charge in [-0.05, 0) is 65.0 Å². The molecule has 3 N–H and O–H groups in total. The monoisotopic (exact) mass is 261 g/mol. The first kappa shape index (κ1) is 11.6. The summed E-state index contributed by atoms with van der Waals surface area (Å²) in [7, 11) is 0. The van der Waals surface area contributed by atoms with E-state index in [1.165, 1.54) is 5.56 Å². The van der Waals surface area contributed by atoms with Crippen molar-refractivity contribution in [2.24, 2.45) is 0 Å². The SMILES string of the molecule is Oc1cc2c(cc1O)[C@H](Cc1ccsc1)NCC2. The van der Waals surface area contributed by atoms with Gasteiger partial charge in [0.25, 0.3) is 0 Å². The van der Waals surface area contributed by atoms with Crippen molar-refractivity contribution in [2.75, 3.05) is 6.54 Å². The first-order valence-corrected chi connectivity index (χ1v) is 6.97. The highest BCUT2D eigenvalue weighted by atomic mass is 32.1. The van der Waals surface area contributed by atoms with Crippen molar-refractivity contribution in [1.82, 2.24) is 5.32 Å². The summed E-state index contributed by atoms with van der Waals surface area (Å²) in [5, 5.41) is 26.9. The Morgan fingerprint density at radius 3 is 2.89 bits per heavy atom. The second-order valence-corrected chi connectivity index (χ2v) is 5.41. The minimum atomic E-state index is -0.0345. The van der Waals surface area contributed by atoms with Crippen LogP contribution in [0.15, 0.2) is 29.0 Å². The van der Waals surface area contributed by atoms with Crippen LogP contribution in [0.25, 0.3) is 0 Å². The predicted octanol–water partition coefficient (Wildman–Crippen LogP) is 2.59. The topological polar surface area (TPSA) is 52.5 Å². The van der Waals surface area contributed by atoms with Gasteiger partial charge in [-0.1, -0.05) is 0 Å². The van der Waals surface area contributed by atoms with E-state index in [1.54, 1.807) is 23.5 Å². The number of hydrogen-bond donors (Lipinski definition) is 3. The molecule has 0 unspecified atom stereocenters. The van der Waals surface area contributed by atoms with E-state index in [0.29, 0.717) is 0 Å². The highest BCUT2D eigenvalue weighted by Gasteiger charge is 2.21. The fourth-order valence-electron chi connectivity index (χ4n) is 2.49. The van der Waals surface area contributed by atoms with Gasteiger partial charge in [0.15, 0.2) is 11.5 Å².